The van der Waals surface area contributed by atoms with Crippen LogP contribution in [0.25, 0.3) is 10.9 Å². The van der Waals surface area contributed by atoms with Crippen LogP contribution in [0.2, 0.25) is 0 Å². The Morgan fingerprint density at radius 2 is 2.00 bits per heavy atom. The molecule has 180 valence electrons. The first-order valence-corrected chi connectivity index (χ1v) is 13.9. The van der Waals surface area contributed by atoms with E-state index in [4.69, 9.17) is 4.74 Å². The maximum atomic E-state index is 13.4. The molecule has 1 aliphatic heterocycles. The maximum Gasteiger partial charge on any atom is 0.340 e. The normalized spacial score (nSPS) is 16.4. The largest absolute Gasteiger partial charge is 0.506 e. The van der Waals surface area contributed by atoms with E-state index in [0.717, 1.165) is 48.1 Å². The Balaban J connectivity index is 1.69. The number of likely N-dealkylation sites (tertiary alicyclic amines) is 1. The number of aryl methyl sites for hydroxylation is 1. The zero-order chi connectivity index (χ0) is 23.8. The number of carbonyl (C=O) groups excluding carboxylic acids is 1. The van der Waals surface area contributed by atoms with E-state index in [-0.39, 0.29) is 11.7 Å². The summed E-state index contributed by atoms with van der Waals surface area (Å²) in [4.78, 5) is 17.0. The quantitative estimate of drug-likeness (QED) is 0.250. The van der Waals surface area contributed by atoms with Crippen LogP contribution >= 0.6 is 27.7 Å². The zero-order valence-corrected chi connectivity index (χ0v) is 22.2. The molecule has 2 fully saturated rings. The molecule has 0 unspecified atom stereocenters. The Hall–Kier alpha value is -1.96. The second kappa shape index (κ2) is 9.96. The lowest BCUT2D eigenvalue weighted by molar-refractivity contribution is 0.0527. The van der Waals surface area contributed by atoms with Crippen molar-refractivity contribution in [3.05, 3.63) is 57.2 Å². The van der Waals surface area contributed by atoms with Crippen molar-refractivity contribution in [2.45, 2.75) is 62.8 Å². The fourth-order valence-corrected chi connectivity index (χ4v) is 6.53. The van der Waals surface area contributed by atoms with Gasteiger partial charge in [-0.2, -0.15) is 0 Å². The van der Waals surface area contributed by atoms with Crippen LogP contribution < -0.4 is 0 Å². The number of fused-ring (bicyclic) bond motifs is 1. The molecule has 1 saturated heterocycles. The van der Waals surface area contributed by atoms with Gasteiger partial charge in [-0.15, -0.1) is 11.8 Å². The summed E-state index contributed by atoms with van der Waals surface area (Å²) in [6, 6.07) is 10.8. The second-order valence-corrected chi connectivity index (χ2v) is 11.2. The minimum atomic E-state index is -0.295. The molecule has 2 aliphatic rings. The van der Waals surface area contributed by atoms with E-state index < -0.39 is 0 Å². The Morgan fingerprint density at radius 3 is 2.68 bits per heavy atom. The molecule has 1 saturated carbocycles. The van der Waals surface area contributed by atoms with Crippen LogP contribution in [0.5, 0.6) is 5.75 Å². The average Bonchev–Trinajstić information content (AvgIpc) is 3.41. The van der Waals surface area contributed by atoms with Gasteiger partial charge in [0.15, 0.2) is 0 Å². The van der Waals surface area contributed by atoms with Crippen LogP contribution in [-0.2, 0) is 17.0 Å². The topological polar surface area (TPSA) is 54.7 Å². The van der Waals surface area contributed by atoms with E-state index in [1.54, 1.807) is 11.8 Å². The van der Waals surface area contributed by atoms with Gasteiger partial charge in [0.1, 0.15) is 5.75 Å². The summed E-state index contributed by atoms with van der Waals surface area (Å²) >= 11 is 5.35. The van der Waals surface area contributed by atoms with Gasteiger partial charge in [-0.3, -0.25) is 4.90 Å². The Labute approximate surface area is 213 Å². The maximum absolute atomic E-state index is 13.4. The van der Waals surface area contributed by atoms with Crippen LogP contribution in [0, 0.1) is 6.92 Å². The van der Waals surface area contributed by atoms with Crippen molar-refractivity contribution in [3.63, 3.8) is 0 Å². The fraction of sp³-hybridized carbons (Fsp3) is 0.444. The molecule has 2 aromatic carbocycles. The van der Waals surface area contributed by atoms with E-state index in [0.29, 0.717) is 35.0 Å². The van der Waals surface area contributed by atoms with Gasteiger partial charge in [-0.1, -0.05) is 17.7 Å². The number of halogens is 1. The number of ether oxygens (including phenoxy) is 1. The first-order chi connectivity index (χ1) is 16.5. The molecule has 7 heteroatoms. The van der Waals surface area contributed by atoms with E-state index in [1.807, 2.05) is 13.0 Å². The van der Waals surface area contributed by atoms with Crippen LogP contribution in [0.3, 0.4) is 0 Å². The third-order valence-corrected chi connectivity index (χ3v) is 8.37. The van der Waals surface area contributed by atoms with Crippen molar-refractivity contribution < 1.29 is 14.6 Å². The third kappa shape index (κ3) is 4.62. The highest BCUT2D eigenvalue weighted by molar-refractivity contribution is 9.10. The number of aromatic nitrogens is 1. The molecule has 3 aromatic rings. The molecule has 0 spiro atoms. The zero-order valence-electron chi connectivity index (χ0n) is 19.8. The highest BCUT2D eigenvalue weighted by atomic mass is 79.9. The lowest BCUT2D eigenvalue weighted by atomic mass is 10.0. The predicted octanol–water partition coefficient (Wildman–Crippen LogP) is 6.82. The summed E-state index contributed by atoms with van der Waals surface area (Å²) in [7, 11) is 0. The Kier molecular flexibility index (Phi) is 6.96. The van der Waals surface area contributed by atoms with Crippen LogP contribution in [-0.4, -0.2) is 40.2 Å². The second-order valence-electron chi connectivity index (χ2n) is 9.31. The lowest BCUT2D eigenvalue weighted by Gasteiger charge is -2.18. The first-order valence-electron chi connectivity index (χ1n) is 12.1. The number of aromatic hydroxyl groups is 1. The highest BCUT2D eigenvalue weighted by Crippen LogP contribution is 2.47. The fourth-order valence-electron chi connectivity index (χ4n) is 5.05. The molecule has 1 N–H and O–H groups in total. The van der Waals surface area contributed by atoms with Gasteiger partial charge in [0.05, 0.1) is 22.2 Å². The number of phenolic OH excluding ortho intramolecular Hbond substituents is 1. The summed E-state index contributed by atoms with van der Waals surface area (Å²) in [5.74, 6) is 0.608. The van der Waals surface area contributed by atoms with Crippen molar-refractivity contribution in [1.29, 1.82) is 0 Å². The van der Waals surface area contributed by atoms with Crippen molar-refractivity contribution in [2.24, 2.45) is 0 Å². The van der Waals surface area contributed by atoms with Gasteiger partial charge in [0.25, 0.3) is 0 Å². The van der Waals surface area contributed by atoms with Crippen LogP contribution in [0.4, 0.5) is 0 Å². The molecule has 0 atom stereocenters. The lowest BCUT2D eigenvalue weighted by Crippen LogP contribution is -2.19. The summed E-state index contributed by atoms with van der Waals surface area (Å²) in [5.41, 5.74) is 4.70. The van der Waals surface area contributed by atoms with Gasteiger partial charge in [-0.25, -0.2) is 4.79 Å². The van der Waals surface area contributed by atoms with E-state index >= 15 is 0 Å². The highest BCUT2D eigenvalue weighted by Gasteiger charge is 2.35. The molecule has 5 rings (SSSR count). The minimum absolute atomic E-state index is 0.232. The molecule has 1 aromatic heterocycles. The van der Waals surface area contributed by atoms with E-state index in [9.17, 15) is 9.90 Å². The molecule has 2 heterocycles. The Bertz CT molecular complexity index is 1230. The van der Waals surface area contributed by atoms with E-state index in [2.05, 4.69) is 56.6 Å². The monoisotopic (exact) mass is 542 g/mol. The third-order valence-electron chi connectivity index (χ3n) is 6.76. The molecule has 0 radical (unpaired) electrons. The first kappa shape index (κ1) is 23.8. The summed E-state index contributed by atoms with van der Waals surface area (Å²) in [5, 5.41) is 12.0. The van der Waals surface area contributed by atoms with Crippen molar-refractivity contribution >= 4 is 44.6 Å². The molecular weight excluding hydrogens is 512 g/mol. The number of esters is 1. The molecule has 34 heavy (non-hydrogen) atoms. The van der Waals surface area contributed by atoms with Crippen molar-refractivity contribution in [2.75, 3.05) is 19.7 Å². The van der Waals surface area contributed by atoms with Gasteiger partial charge >= 0.3 is 5.97 Å². The number of hydrogen-bond donors (Lipinski definition) is 1. The van der Waals surface area contributed by atoms with Gasteiger partial charge in [-0.05, 0) is 86.7 Å². The van der Waals surface area contributed by atoms with Crippen LogP contribution in [0.1, 0.15) is 65.8 Å². The number of nitrogens with zero attached hydrogens (tertiary/aromatic N) is 2. The average molecular weight is 544 g/mol. The number of rotatable bonds is 8. The number of benzene rings is 2. The number of carbonyl (C=O) groups is 1. The molecular formula is C27H31BrN2O3S. The van der Waals surface area contributed by atoms with Crippen LogP contribution in [0.15, 0.2) is 39.7 Å². The van der Waals surface area contributed by atoms with Gasteiger partial charge in [0.2, 0.25) is 0 Å². The summed E-state index contributed by atoms with van der Waals surface area (Å²) in [6.45, 7) is 6.93. The Morgan fingerprint density at radius 1 is 1.24 bits per heavy atom. The number of hydrogen-bond acceptors (Lipinski definition) is 5. The molecule has 1 aliphatic carbocycles. The number of thioether (sulfide) groups is 1. The smallest absolute Gasteiger partial charge is 0.340 e. The van der Waals surface area contributed by atoms with Gasteiger partial charge in [0, 0.05) is 39.9 Å². The molecule has 0 amide bonds. The summed E-state index contributed by atoms with van der Waals surface area (Å²) in [6.07, 6.45) is 4.55. The van der Waals surface area contributed by atoms with E-state index in [1.165, 1.54) is 23.3 Å². The predicted molar refractivity (Wildman–Crippen MR) is 141 cm³/mol. The minimum Gasteiger partial charge on any atom is -0.506 e. The standard InChI is InChI=1S/C27H31BrN2O3S/c1-3-33-27(32)25-23(16-34-19-8-6-7-17(2)13-19)30(18-9-10-18)22-14-21(28)26(31)20(24(22)25)15-29-11-4-5-12-29/h6-8,13-14,18,31H,3-5,9-12,15-16H2,1-2H3. The SMILES string of the molecule is CCOC(=O)c1c(CSc2cccc(C)c2)n(C2CC2)c2cc(Br)c(O)c(CN3CCCC3)c12. The molecule has 0 bridgehead atoms. The van der Waals surface area contributed by atoms with Crippen molar-refractivity contribution in [3.8, 4) is 5.75 Å². The van der Waals surface area contributed by atoms with Gasteiger partial charge < -0.3 is 14.4 Å². The van der Waals surface area contributed by atoms with Crippen molar-refractivity contribution in [1.82, 2.24) is 9.47 Å². The summed E-state index contributed by atoms with van der Waals surface area (Å²) < 4.78 is 8.62. The number of phenols is 1. The molecule has 5 nitrogen and oxygen atoms in total.